The summed E-state index contributed by atoms with van der Waals surface area (Å²) in [5.74, 6) is 0.182. The SMILES string of the molecule is CB(O)NCCCOc1cc(C(=O)O)cc2cnn(CCCNc3nccn3C(c3ccccc3)(c3ccccc3)c3ccccc3)c12. The van der Waals surface area contributed by atoms with E-state index in [0.29, 0.717) is 43.8 Å². The minimum Gasteiger partial charge on any atom is -0.491 e. The molecule has 0 aliphatic heterocycles. The first-order chi connectivity index (χ1) is 23.5. The van der Waals surface area contributed by atoms with Crippen molar-refractivity contribution in [1.82, 2.24) is 24.6 Å². The molecule has 0 bridgehead atoms. The van der Waals surface area contributed by atoms with Crippen molar-refractivity contribution in [3.05, 3.63) is 144 Å². The van der Waals surface area contributed by atoms with Crippen molar-refractivity contribution in [2.45, 2.75) is 31.7 Å². The zero-order valence-electron chi connectivity index (χ0n) is 26.9. The second kappa shape index (κ2) is 15.0. The fraction of sp³-hybridized carbons (Fsp3) is 0.216. The van der Waals surface area contributed by atoms with Crippen molar-refractivity contribution >= 4 is 29.9 Å². The molecule has 11 heteroatoms. The molecule has 10 nitrogen and oxygen atoms in total. The molecule has 48 heavy (non-hydrogen) atoms. The average Bonchev–Trinajstić information content (AvgIpc) is 3.76. The topological polar surface area (TPSA) is 126 Å². The summed E-state index contributed by atoms with van der Waals surface area (Å²) in [6, 6.07) is 34.6. The van der Waals surface area contributed by atoms with E-state index < -0.39 is 18.6 Å². The minimum atomic E-state index is -1.03. The van der Waals surface area contributed by atoms with Crippen molar-refractivity contribution in [3.8, 4) is 5.75 Å². The van der Waals surface area contributed by atoms with Gasteiger partial charge in [-0.05, 0) is 55.0 Å². The van der Waals surface area contributed by atoms with Crippen LogP contribution in [0.3, 0.4) is 0 Å². The number of fused-ring (bicyclic) bond motifs is 1. The van der Waals surface area contributed by atoms with Crippen LogP contribution in [0.25, 0.3) is 10.9 Å². The van der Waals surface area contributed by atoms with Crippen LogP contribution in [0.5, 0.6) is 5.75 Å². The summed E-state index contributed by atoms with van der Waals surface area (Å²) < 4.78 is 10.1. The number of carboxylic acid groups (broad SMARTS) is 1. The van der Waals surface area contributed by atoms with Crippen LogP contribution in [-0.2, 0) is 12.1 Å². The largest absolute Gasteiger partial charge is 0.491 e. The van der Waals surface area contributed by atoms with E-state index in [1.165, 1.54) is 0 Å². The maximum atomic E-state index is 11.8. The van der Waals surface area contributed by atoms with Crippen LogP contribution in [0.2, 0.25) is 6.82 Å². The highest BCUT2D eigenvalue weighted by atomic mass is 16.5. The fourth-order valence-corrected chi connectivity index (χ4v) is 6.25. The van der Waals surface area contributed by atoms with Crippen molar-refractivity contribution < 1.29 is 19.7 Å². The summed E-state index contributed by atoms with van der Waals surface area (Å²) in [5, 5.41) is 30.9. The summed E-state index contributed by atoms with van der Waals surface area (Å²) >= 11 is 0. The Morgan fingerprint density at radius 1 is 0.896 bits per heavy atom. The van der Waals surface area contributed by atoms with Gasteiger partial charge in [-0.1, -0.05) is 91.0 Å². The molecule has 0 aliphatic carbocycles. The minimum absolute atomic E-state index is 0.145. The lowest BCUT2D eigenvalue weighted by Gasteiger charge is -2.38. The zero-order valence-corrected chi connectivity index (χ0v) is 26.9. The number of anilines is 1. The van der Waals surface area contributed by atoms with Crippen LogP contribution < -0.4 is 15.3 Å². The van der Waals surface area contributed by atoms with E-state index in [2.05, 4.69) is 93.0 Å². The van der Waals surface area contributed by atoms with Gasteiger partial charge in [0.2, 0.25) is 5.95 Å². The Kier molecular flexibility index (Phi) is 10.2. The van der Waals surface area contributed by atoms with Crippen molar-refractivity contribution in [2.24, 2.45) is 0 Å². The Morgan fingerprint density at radius 3 is 2.10 bits per heavy atom. The Balaban J connectivity index is 1.25. The number of carbonyl (C=O) groups is 1. The molecule has 4 aromatic carbocycles. The van der Waals surface area contributed by atoms with E-state index in [0.717, 1.165) is 34.6 Å². The van der Waals surface area contributed by atoms with E-state index >= 15 is 0 Å². The molecule has 2 aromatic heterocycles. The summed E-state index contributed by atoms with van der Waals surface area (Å²) in [4.78, 5) is 16.6. The first-order valence-corrected chi connectivity index (χ1v) is 16.2. The van der Waals surface area contributed by atoms with Gasteiger partial charge in [-0.25, -0.2) is 9.78 Å². The van der Waals surface area contributed by atoms with Gasteiger partial charge in [0.15, 0.2) is 0 Å². The molecule has 0 atom stereocenters. The normalized spacial score (nSPS) is 11.5. The number of hydrogen-bond acceptors (Lipinski definition) is 7. The average molecular weight is 643 g/mol. The fourth-order valence-electron chi connectivity index (χ4n) is 6.25. The quantitative estimate of drug-likeness (QED) is 0.0598. The molecule has 6 aromatic rings. The number of nitrogens with zero attached hydrogens (tertiary/aromatic N) is 4. The number of hydrogen-bond donors (Lipinski definition) is 4. The number of carboxylic acids is 1. The number of ether oxygens (including phenoxy) is 1. The third-order valence-electron chi connectivity index (χ3n) is 8.37. The first kappa shape index (κ1) is 32.6. The van der Waals surface area contributed by atoms with Crippen molar-refractivity contribution in [2.75, 3.05) is 25.0 Å². The standard InChI is InChI=1S/C37H39BN6O4/c1-38(47)41-20-12-24-48-33-26-28(35(45)46)25-29-27-42-44(34(29)33)22-11-19-39-36-40-21-23-43(36)37(30-13-5-2-6-14-30,31-15-7-3-8-16-31)32-17-9-4-10-18-32/h2-10,13-18,21,23,25-27,41,47H,11-12,19-20,22,24H2,1H3,(H,39,40)(H,45,46). The number of rotatable bonds is 16. The van der Waals surface area contributed by atoms with Gasteiger partial charge in [0.1, 0.15) is 16.8 Å². The van der Waals surface area contributed by atoms with E-state index in [1.54, 1.807) is 25.2 Å². The number of aryl methyl sites for hydroxylation is 1. The van der Waals surface area contributed by atoms with Crippen molar-refractivity contribution in [1.29, 1.82) is 0 Å². The summed E-state index contributed by atoms with van der Waals surface area (Å²) in [5.41, 5.74) is 3.55. The molecule has 0 fully saturated rings. The number of benzene rings is 4. The molecule has 2 heterocycles. The molecule has 0 amide bonds. The monoisotopic (exact) mass is 642 g/mol. The van der Waals surface area contributed by atoms with Crippen LogP contribution in [0.15, 0.2) is 122 Å². The number of aromatic carboxylic acids is 1. The lowest BCUT2D eigenvalue weighted by Crippen LogP contribution is -2.38. The lowest BCUT2D eigenvalue weighted by atomic mass is 9.76. The highest BCUT2D eigenvalue weighted by molar-refractivity contribution is 6.45. The van der Waals surface area contributed by atoms with E-state index in [1.807, 2.05) is 35.3 Å². The molecular formula is C37H39BN6O4. The van der Waals surface area contributed by atoms with E-state index in [4.69, 9.17) is 9.72 Å². The van der Waals surface area contributed by atoms with Crippen LogP contribution in [-0.4, -0.2) is 62.2 Å². The number of aromatic nitrogens is 4. The number of nitrogens with one attached hydrogen (secondary N) is 2. The van der Waals surface area contributed by atoms with Gasteiger partial charge in [0.05, 0.1) is 18.4 Å². The molecule has 4 N–H and O–H groups in total. The van der Waals surface area contributed by atoms with Gasteiger partial charge in [0, 0.05) is 30.9 Å². The Morgan fingerprint density at radius 2 is 1.52 bits per heavy atom. The lowest BCUT2D eigenvalue weighted by molar-refractivity contribution is 0.0696. The van der Waals surface area contributed by atoms with Crippen LogP contribution in [0.1, 0.15) is 39.9 Å². The van der Waals surface area contributed by atoms with Gasteiger partial charge in [-0.3, -0.25) is 9.25 Å². The second-order valence-corrected chi connectivity index (χ2v) is 11.6. The second-order valence-electron chi connectivity index (χ2n) is 11.6. The summed E-state index contributed by atoms with van der Waals surface area (Å²) in [6.07, 6.45) is 6.89. The molecule has 0 radical (unpaired) electrons. The van der Waals surface area contributed by atoms with Gasteiger partial charge < -0.3 is 25.4 Å². The van der Waals surface area contributed by atoms with Crippen LogP contribution in [0, 0.1) is 0 Å². The van der Waals surface area contributed by atoms with Crippen LogP contribution >= 0.6 is 0 Å². The summed E-state index contributed by atoms with van der Waals surface area (Å²) in [6.45, 7) is 3.78. The first-order valence-electron chi connectivity index (χ1n) is 16.2. The third kappa shape index (κ3) is 6.83. The van der Waals surface area contributed by atoms with Gasteiger partial charge in [-0.15, -0.1) is 0 Å². The van der Waals surface area contributed by atoms with E-state index in [-0.39, 0.29) is 5.56 Å². The highest BCUT2D eigenvalue weighted by Gasteiger charge is 2.39. The number of imidazole rings is 1. The maximum absolute atomic E-state index is 11.8. The van der Waals surface area contributed by atoms with Gasteiger partial charge >= 0.3 is 13.0 Å². The molecule has 0 unspecified atom stereocenters. The molecule has 0 saturated heterocycles. The van der Waals surface area contributed by atoms with Gasteiger partial charge in [-0.2, -0.15) is 5.10 Å². The van der Waals surface area contributed by atoms with E-state index in [9.17, 15) is 14.9 Å². The Bertz CT molecular complexity index is 1830. The van der Waals surface area contributed by atoms with Crippen LogP contribution in [0.4, 0.5) is 5.95 Å². The molecular weight excluding hydrogens is 603 g/mol. The Labute approximate surface area is 280 Å². The molecule has 0 spiro atoms. The predicted octanol–water partition coefficient (Wildman–Crippen LogP) is 5.74. The predicted molar refractivity (Wildman–Crippen MR) is 189 cm³/mol. The maximum Gasteiger partial charge on any atom is 0.373 e. The highest BCUT2D eigenvalue weighted by Crippen LogP contribution is 2.42. The smallest absolute Gasteiger partial charge is 0.373 e. The summed E-state index contributed by atoms with van der Waals surface area (Å²) in [7, 11) is -0.605. The Hall–Kier alpha value is -5.39. The third-order valence-corrected chi connectivity index (χ3v) is 8.37. The molecule has 244 valence electrons. The van der Waals surface area contributed by atoms with Gasteiger partial charge in [0.25, 0.3) is 0 Å². The molecule has 0 aliphatic rings. The van der Waals surface area contributed by atoms with Crippen molar-refractivity contribution in [3.63, 3.8) is 0 Å². The molecule has 0 saturated carbocycles. The zero-order chi connectivity index (χ0) is 33.3. The molecule has 6 rings (SSSR count).